The van der Waals surface area contributed by atoms with Crippen LogP contribution in [0.4, 0.5) is 0 Å². The number of hydrogen-bond acceptors (Lipinski definition) is 3. The van der Waals surface area contributed by atoms with E-state index in [4.69, 9.17) is 5.73 Å². The van der Waals surface area contributed by atoms with E-state index in [1.807, 2.05) is 13.8 Å². The molecule has 2 atom stereocenters. The predicted molar refractivity (Wildman–Crippen MR) is 49.4 cm³/mol. The minimum atomic E-state index is -1.53. The van der Waals surface area contributed by atoms with Crippen LogP contribution in [-0.4, -0.2) is 21.5 Å². The van der Waals surface area contributed by atoms with Gasteiger partial charge < -0.3 is 15.9 Å². The average molecular weight is 175 g/mol. The molecular weight excluding hydrogens is 154 g/mol. The molecule has 0 aromatic carbocycles. The maximum absolute atomic E-state index is 9.91. The quantitative estimate of drug-likeness (QED) is 0.553. The van der Waals surface area contributed by atoms with Crippen molar-refractivity contribution in [2.24, 2.45) is 17.6 Å². The van der Waals surface area contributed by atoms with Crippen LogP contribution in [0.1, 0.15) is 34.6 Å². The fourth-order valence-corrected chi connectivity index (χ4v) is 1.05. The van der Waals surface area contributed by atoms with Crippen LogP contribution in [0, 0.1) is 11.8 Å². The summed E-state index contributed by atoms with van der Waals surface area (Å²) in [4.78, 5) is 0. The molecule has 3 heteroatoms. The van der Waals surface area contributed by atoms with Gasteiger partial charge in [0, 0.05) is 0 Å². The van der Waals surface area contributed by atoms with E-state index in [1.54, 1.807) is 20.8 Å². The van der Waals surface area contributed by atoms with Crippen LogP contribution in [0.2, 0.25) is 0 Å². The third kappa shape index (κ3) is 1.79. The van der Waals surface area contributed by atoms with Gasteiger partial charge in [0.25, 0.3) is 0 Å². The van der Waals surface area contributed by atoms with Gasteiger partial charge in [0.2, 0.25) is 0 Å². The predicted octanol–water partition coefficient (Wildman–Crippen LogP) is 0.697. The second-order valence-corrected chi connectivity index (χ2v) is 4.28. The van der Waals surface area contributed by atoms with Crippen molar-refractivity contribution in [1.29, 1.82) is 0 Å². The molecule has 0 fully saturated rings. The molecule has 12 heavy (non-hydrogen) atoms. The zero-order valence-electron chi connectivity index (χ0n) is 8.63. The summed E-state index contributed by atoms with van der Waals surface area (Å²) < 4.78 is 0. The van der Waals surface area contributed by atoms with Crippen LogP contribution in [0.5, 0.6) is 0 Å². The van der Waals surface area contributed by atoms with Gasteiger partial charge in [-0.05, 0) is 18.8 Å². The summed E-state index contributed by atoms with van der Waals surface area (Å²) in [5, 5.41) is 19.7. The largest absolute Gasteiger partial charge is 0.385 e. The molecule has 0 aliphatic carbocycles. The maximum Gasteiger partial charge on any atom is 0.144 e. The molecular formula is C9H21NO2. The van der Waals surface area contributed by atoms with Crippen LogP contribution < -0.4 is 5.73 Å². The molecule has 0 heterocycles. The monoisotopic (exact) mass is 175 g/mol. The van der Waals surface area contributed by atoms with Crippen molar-refractivity contribution >= 4 is 0 Å². The van der Waals surface area contributed by atoms with Gasteiger partial charge in [0.15, 0.2) is 0 Å². The number of nitrogens with two attached hydrogens (primary N) is 1. The molecule has 0 radical (unpaired) electrons. The van der Waals surface area contributed by atoms with Crippen molar-refractivity contribution in [3.05, 3.63) is 0 Å². The molecule has 0 spiro atoms. The molecule has 0 saturated heterocycles. The Morgan fingerprint density at radius 2 is 1.33 bits per heavy atom. The van der Waals surface area contributed by atoms with Crippen molar-refractivity contribution < 1.29 is 10.2 Å². The Bertz CT molecular complexity index is 133. The standard InChI is InChI=1S/C9H21NO2/c1-6(2)8(5,11)9(10,12)7(3)4/h6-7,11-12H,10H2,1-5H3. The summed E-state index contributed by atoms with van der Waals surface area (Å²) >= 11 is 0. The SMILES string of the molecule is CC(C)C(C)(O)C(N)(O)C(C)C. The molecule has 0 saturated carbocycles. The van der Waals surface area contributed by atoms with Crippen LogP contribution in [-0.2, 0) is 0 Å². The van der Waals surface area contributed by atoms with Gasteiger partial charge in [0.05, 0.1) is 0 Å². The van der Waals surface area contributed by atoms with Crippen molar-refractivity contribution in [3.8, 4) is 0 Å². The summed E-state index contributed by atoms with van der Waals surface area (Å²) in [6, 6.07) is 0. The van der Waals surface area contributed by atoms with Gasteiger partial charge in [-0.1, -0.05) is 27.7 Å². The minimum absolute atomic E-state index is 0.0742. The van der Waals surface area contributed by atoms with Gasteiger partial charge in [-0.3, -0.25) is 0 Å². The smallest absolute Gasteiger partial charge is 0.144 e. The van der Waals surface area contributed by atoms with E-state index < -0.39 is 11.3 Å². The van der Waals surface area contributed by atoms with Gasteiger partial charge in [-0.25, -0.2) is 0 Å². The molecule has 0 amide bonds. The highest BCUT2D eigenvalue weighted by Gasteiger charge is 2.46. The fraction of sp³-hybridized carbons (Fsp3) is 1.00. The van der Waals surface area contributed by atoms with Crippen LogP contribution in [0.3, 0.4) is 0 Å². The van der Waals surface area contributed by atoms with Crippen LogP contribution >= 0.6 is 0 Å². The summed E-state index contributed by atoms with van der Waals surface area (Å²) in [7, 11) is 0. The van der Waals surface area contributed by atoms with E-state index in [-0.39, 0.29) is 11.8 Å². The van der Waals surface area contributed by atoms with E-state index in [0.29, 0.717) is 0 Å². The highest BCUT2D eigenvalue weighted by atomic mass is 16.4. The molecule has 0 bridgehead atoms. The van der Waals surface area contributed by atoms with Crippen molar-refractivity contribution in [2.45, 2.75) is 45.9 Å². The lowest BCUT2D eigenvalue weighted by Crippen LogP contribution is -2.64. The molecule has 4 N–H and O–H groups in total. The Kier molecular flexibility index (Phi) is 3.29. The van der Waals surface area contributed by atoms with E-state index in [1.165, 1.54) is 0 Å². The molecule has 0 rings (SSSR count). The molecule has 0 aromatic heterocycles. The van der Waals surface area contributed by atoms with E-state index in [2.05, 4.69) is 0 Å². The van der Waals surface area contributed by atoms with Crippen molar-refractivity contribution in [2.75, 3.05) is 0 Å². The average Bonchev–Trinajstić information content (AvgIpc) is 1.86. The van der Waals surface area contributed by atoms with E-state index in [9.17, 15) is 10.2 Å². The Hall–Kier alpha value is -0.120. The van der Waals surface area contributed by atoms with E-state index in [0.717, 1.165) is 0 Å². The Morgan fingerprint density at radius 1 is 1.00 bits per heavy atom. The van der Waals surface area contributed by atoms with Gasteiger partial charge in [-0.15, -0.1) is 0 Å². The highest BCUT2D eigenvalue weighted by molar-refractivity contribution is 4.96. The Labute approximate surface area is 74.6 Å². The van der Waals surface area contributed by atoms with Crippen molar-refractivity contribution in [3.63, 3.8) is 0 Å². The molecule has 0 aliphatic heterocycles. The first-order chi connectivity index (χ1) is 5.14. The lowest BCUT2D eigenvalue weighted by atomic mass is 9.77. The van der Waals surface area contributed by atoms with Crippen LogP contribution in [0.15, 0.2) is 0 Å². The Balaban J connectivity index is 4.75. The van der Waals surface area contributed by atoms with Crippen LogP contribution in [0.25, 0.3) is 0 Å². The fourth-order valence-electron chi connectivity index (χ4n) is 1.05. The highest BCUT2D eigenvalue weighted by Crippen LogP contribution is 2.30. The Morgan fingerprint density at radius 3 is 1.42 bits per heavy atom. The molecule has 0 aromatic rings. The zero-order chi connectivity index (χ0) is 10.2. The second-order valence-electron chi connectivity index (χ2n) is 4.28. The van der Waals surface area contributed by atoms with Crippen molar-refractivity contribution in [1.82, 2.24) is 0 Å². The minimum Gasteiger partial charge on any atom is -0.385 e. The number of rotatable bonds is 3. The summed E-state index contributed by atoms with van der Waals surface area (Å²) in [5.41, 5.74) is 2.87. The first-order valence-electron chi connectivity index (χ1n) is 4.37. The number of aliphatic hydroxyl groups is 2. The zero-order valence-corrected chi connectivity index (χ0v) is 8.63. The first-order valence-corrected chi connectivity index (χ1v) is 4.37. The molecule has 3 nitrogen and oxygen atoms in total. The van der Waals surface area contributed by atoms with E-state index >= 15 is 0 Å². The summed E-state index contributed by atoms with van der Waals surface area (Å²) in [5.74, 6) is -0.246. The third-order valence-electron chi connectivity index (χ3n) is 2.82. The lowest BCUT2D eigenvalue weighted by molar-refractivity contribution is -0.184. The second kappa shape index (κ2) is 3.32. The molecule has 0 aliphatic rings. The third-order valence-corrected chi connectivity index (χ3v) is 2.82. The first kappa shape index (κ1) is 11.9. The lowest BCUT2D eigenvalue weighted by Gasteiger charge is -2.43. The number of hydrogen-bond donors (Lipinski definition) is 3. The molecule has 74 valence electrons. The molecule has 2 unspecified atom stereocenters. The van der Waals surface area contributed by atoms with Gasteiger partial charge in [-0.2, -0.15) is 0 Å². The van der Waals surface area contributed by atoms with Gasteiger partial charge in [0.1, 0.15) is 11.3 Å². The normalized spacial score (nSPS) is 22.5. The maximum atomic E-state index is 9.91. The summed E-state index contributed by atoms with van der Waals surface area (Å²) in [6.07, 6.45) is 0. The summed E-state index contributed by atoms with van der Waals surface area (Å²) in [6.45, 7) is 8.81. The van der Waals surface area contributed by atoms with Gasteiger partial charge >= 0.3 is 0 Å². The topological polar surface area (TPSA) is 66.5 Å².